The van der Waals surface area contributed by atoms with Gasteiger partial charge in [0.1, 0.15) is 11.6 Å². The molecule has 1 atom stereocenters. The molecule has 1 aliphatic heterocycles. The Balaban J connectivity index is 1.89. The van der Waals surface area contributed by atoms with Gasteiger partial charge in [-0.2, -0.15) is 0 Å². The van der Waals surface area contributed by atoms with Crippen molar-refractivity contribution < 1.29 is 9.53 Å². The van der Waals surface area contributed by atoms with E-state index in [-0.39, 0.29) is 17.9 Å². The third kappa shape index (κ3) is 3.47. The summed E-state index contributed by atoms with van der Waals surface area (Å²) in [7, 11) is 0. The number of benzene rings is 1. The van der Waals surface area contributed by atoms with Crippen LogP contribution in [0.1, 0.15) is 43.6 Å². The molecule has 2 aromatic rings. The summed E-state index contributed by atoms with van der Waals surface area (Å²) in [6.45, 7) is 6.85. The number of rotatable bonds is 5. The summed E-state index contributed by atoms with van der Waals surface area (Å²) < 4.78 is 5.68. The summed E-state index contributed by atoms with van der Waals surface area (Å²) in [5.41, 5.74) is 1.11. The van der Waals surface area contributed by atoms with Gasteiger partial charge in [0.2, 0.25) is 5.91 Å². The standard InChI is InChI=1S/C17H21N3O2S/c1-4-18-17-20-16-15(23-17)13(9-14(21)19-16)11-5-7-12(8-6-11)22-10(2)3/h5-8,10,13H,4,9H2,1-3H3,(H,18,20)(H,19,21)/t13-/m0/s1. The van der Waals surface area contributed by atoms with Gasteiger partial charge in [0, 0.05) is 18.9 Å². The van der Waals surface area contributed by atoms with Crippen molar-refractivity contribution in [3.63, 3.8) is 0 Å². The van der Waals surface area contributed by atoms with Crippen LogP contribution in [0.3, 0.4) is 0 Å². The lowest BCUT2D eigenvalue weighted by Gasteiger charge is -2.22. The molecule has 0 saturated carbocycles. The van der Waals surface area contributed by atoms with Gasteiger partial charge in [0.15, 0.2) is 5.13 Å². The van der Waals surface area contributed by atoms with Crippen LogP contribution in [-0.4, -0.2) is 23.5 Å². The smallest absolute Gasteiger partial charge is 0.226 e. The maximum Gasteiger partial charge on any atom is 0.226 e. The third-order valence-corrected chi connectivity index (χ3v) is 4.73. The van der Waals surface area contributed by atoms with Gasteiger partial charge in [-0.1, -0.05) is 23.5 Å². The molecule has 2 heterocycles. The SMILES string of the molecule is CCNc1nc2c(s1)[C@H](c1ccc(OC(C)C)cc1)CC(=O)N2. The van der Waals surface area contributed by atoms with Crippen molar-refractivity contribution in [1.29, 1.82) is 0 Å². The average Bonchev–Trinajstić information content (AvgIpc) is 2.89. The molecule has 1 amide bonds. The maximum atomic E-state index is 12.0. The molecule has 5 nitrogen and oxygen atoms in total. The molecular weight excluding hydrogens is 310 g/mol. The van der Waals surface area contributed by atoms with Crippen molar-refractivity contribution in [1.82, 2.24) is 4.98 Å². The minimum atomic E-state index is 0.0124. The molecule has 6 heteroatoms. The lowest BCUT2D eigenvalue weighted by atomic mass is 9.91. The van der Waals surface area contributed by atoms with Gasteiger partial charge in [-0.3, -0.25) is 4.79 Å². The molecule has 0 fully saturated rings. The van der Waals surface area contributed by atoms with E-state index in [1.807, 2.05) is 45.0 Å². The molecule has 23 heavy (non-hydrogen) atoms. The number of carbonyl (C=O) groups excluding carboxylic acids is 1. The molecule has 3 rings (SSSR count). The van der Waals surface area contributed by atoms with Crippen molar-refractivity contribution in [2.45, 2.75) is 39.2 Å². The number of amides is 1. The second kappa shape index (κ2) is 6.58. The molecule has 2 N–H and O–H groups in total. The van der Waals surface area contributed by atoms with Crippen LogP contribution in [0.4, 0.5) is 10.9 Å². The van der Waals surface area contributed by atoms with E-state index in [9.17, 15) is 4.79 Å². The minimum Gasteiger partial charge on any atom is -0.491 e. The number of aromatic nitrogens is 1. The van der Waals surface area contributed by atoms with Gasteiger partial charge in [-0.05, 0) is 38.5 Å². The van der Waals surface area contributed by atoms with E-state index in [0.29, 0.717) is 12.2 Å². The van der Waals surface area contributed by atoms with Gasteiger partial charge in [0.05, 0.1) is 11.0 Å². The first kappa shape index (κ1) is 15.8. The first-order chi connectivity index (χ1) is 11.1. The Morgan fingerprint density at radius 1 is 1.39 bits per heavy atom. The molecule has 0 saturated heterocycles. The molecule has 1 aliphatic rings. The molecule has 0 bridgehead atoms. The zero-order valence-corrected chi connectivity index (χ0v) is 14.4. The van der Waals surface area contributed by atoms with Gasteiger partial charge in [-0.15, -0.1) is 0 Å². The minimum absolute atomic E-state index is 0.0124. The third-order valence-electron chi connectivity index (χ3n) is 3.60. The van der Waals surface area contributed by atoms with E-state index in [2.05, 4.69) is 15.6 Å². The Labute approximate surface area is 140 Å². The Kier molecular flexibility index (Phi) is 4.52. The van der Waals surface area contributed by atoms with Crippen molar-refractivity contribution in [3.8, 4) is 5.75 Å². The highest BCUT2D eigenvalue weighted by atomic mass is 32.1. The Morgan fingerprint density at radius 2 is 2.13 bits per heavy atom. The predicted molar refractivity (Wildman–Crippen MR) is 93.6 cm³/mol. The van der Waals surface area contributed by atoms with Gasteiger partial charge in [-0.25, -0.2) is 4.98 Å². The summed E-state index contributed by atoms with van der Waals surface area (Å²) in [4.78, 5) is 17.6. The number of hydrogen-bond acceptors (Lipinski definition) is 5. The second-order valence-electron chi connectivity index (χ2n) is 5.80. The fourth-order valence-corrected chi connectivity index (χ4v) is 3.78. The van der Waals surface area contributed by atoms with Crippen LogP contribution >= 0.6 is 11.3 Å². The van der Waals surface area contributed by atoms with Crippen LogP contribution in [0.2, 0.25) is 0 Å². The van der Waals surface area contributed by atoms with E-state index in [0.717, 1.165) is 27.9 Å². The molecule has 0 radical (unpaired) electrons. The summed E-state index contributed by atoms with van der Waals surface area (Å²) in [6.07, 6.45) is 0.600. The topological polar surface area (TPSA) is 63.3 Å². The van der Waals surface area contributed by atoms with Crippen LogP contribution in [0.25, 0.3) is 0 Å². The molecule has 0 aliphatic carbocycles. The van der Waals surface area contributed by atoms with E-state index in [1.54, 1.807) is 11.3 Å². The Bertz CT molecular complexity index is 694. The number of hydrogen-bond donors (Lipinski definition) is 2. The number of nitrogens with one attached hydrogen (secondary N) is 2. The largest absolute Gasteiger partial charge is 0.491 e. The van der Waals surface area contributed by atoms with Crippen LogP contribution < -0.4 is 15.4 Å². The number of fused-ring (bicyclic) bond motifs is 1. The van der Waals surface area contributed by atoms with E-state index >= 15 is 0 Å². The fourth-order valence-electron chi connectivity index (χ4n) is 2.67. The molecule has 0 spiro atoms. The zero-order chi connectivity index (χ0) is 16.4. The molecular formula is C17H21N3O2S. The first-order valence-corrected chi connectivity index (χ1v) is 8.69. The average molecular weight is 331 g/mol. The highest BCUT2D eigenvalue weighted by Crippen LogP contribution is 2.42. The predicted octanol–water partition coefficient (Wildman–Crippen LogP) is 3.84. The van der Waals surface area contributed by atoms with Gasteiger partial charge in [0.25, 0.3) is 0 Å². The number of nitrogens with zero attached hydrogens (tertiary/aromatic N) is 1. The van der Waals surface area contributed by atoms with Crippen LogP contribution in [0.5, 0.6) is 5.75 Å². The van der Waals surface area contributed by atoms with E-state index < -0.39 is 0 Å². The fraction of sp³-hybridized carbons (Fsp3) is 0.412. The highest BCUT2D eigenvalue weighted by Gasteiger charge is 2.30. The van der Waals surface area contributed by atoms with Crippen molar-refractivity contribution >= 4 is 28.2 Å². The van der Waals surface area contributed by atoms with Crippen molar-refractivity contribution in [2.75, 3.05) is 17.2 Å². The molecule has 122 valence electrons. The van der Waals surface area contributed by atoms with Crippen molar-refractivity contribution in [3.05, 3.63) is 34.7 Å². The zero-order valence-electron chi connectivity index (χ0n) is 13.6. The van der Waals surface area contributed by atoms with Gasteiger partial charge < -0.3 is 15.4 Å². The second-order valence-corrected chi connectivity index (χ2v) is 6.83. The van der Waals surface area contributed by atoms with E-state index in [4.69, 9.17) is 4.74 Å². The number of carbonyl (C=O) groups is 1. The molecule has 0 unspecified atom stereocenters. The highest BCUT2D eigenvalue weighted by molar-refractivity contribution is 7.16. The summed E-state index contributed by atoms with van der Waals surface area (Å²) in [5.74, 6) is 1.60. The molecule has 1 aromatic carbocycles. The summed E-state index contributed by atoms with van der Waals surface area (Å²) in [5, 5.41) is 6.94. The van der Waals surface area contributed by atoms with Crippen LogP contribution in [0.15, 0.2) is 24.3 Å². The molecule has 1 aromatic heterocycles. The lowest BCUT2D eigenvalue weighted by Crippen LogP contribution is -2.22. The summed E-state index contributed by atoms with van der Waals surface area (Å²) >= 11 is 1.61. The normalized spacial score (nSPS) is 16.9. The Hall–Kier alpha value is -2.08. The Morgan fingerprint density at radius 3 is 2.78 bits per heavy atom. The lowest BCUT2D eigenvalue weighted by molar-refractivity contribution is -0.116. The van der Waals surface area contributed by atoms with Crippen LogP contribution in [-0.2, 0) is 4.79 Å². The van der Waals surface area contributed by atoms with Crippen LogP contribution in [0, 0.1) is 0 Å². The van der Waals surface area contributed by atoms with Gasteiger partial charge >= 0.3 is 0 Å². The first-order valence-electron chi connectivity index (χ1n) is 7.88. The van der Waals surface area contributed by atoms with E-state index in [1.165, 1.54) is 0 Å². The number of ether oxygens (including phenoxy) is 1. The monoisotopic (exact) mass is 331 g/mol. The quantitative estimate of drug-likeness (QED) is 0.874. The summed E-state index contributed by atoms with van der Waals surface area (Å²) in [6, 6.07) is 8.01. The number of anilines is 2. The number of thiazole rings is 1. The maximum absolute atomic E-state index is 12.0. The van der Waals surface area contributed by atoms with Crippen molar-refractivity contribution in [2.24, 2.45) is 0 Å².